The van der Waals surface area contributed by atoms with E-state index in [1.54, 1.807) is 0 Å². The molecule has 0 fully saturated rings. The van der Waals surface area contributed by atoms with Crippen molar-refractivity contribution in [3.05, 3.63) is 59.8 Å². The van der Waals surface area contributed by atoms with Gasteiger partial charge in [0.05, 0.1) is 5.52 Å². The quantitative estimate of drug-likeness (QED) is 0.788. The van der Waals surface area contributed by atoms with Crippen molar-refractivity contribution in [3.63, 3.8) is 0 Å². The van der Waals surface area contributed by atoms with Crippen LogP contribution >= 0.6 is 0 Å². The van der Waals surface area contributed by atoms with Crippen LogP contribution in [0.2, 0.25) is 0 Å². The molecule has 0 aliphatic heterocycles. The first kappa shape index (κ1) is 12.8. The number of nitrogens with zero attached hydrogens (tertiary/aromatic N) is 3. The van der Waals surface area contributed by atoms with Crippen LogP contribution in [0.4, 0.5) is 0 Å². The average molecular weight is 266 g/mol. The Balaban J connectivity index is 2.04. The van der Waals surface area contributed by atoms with Gasteiger partial charge in [-0.2, -0.15) is 0 Å². The molecule has 0 saturated heterocycles. The van der Waals surface area contributed by atoms with E-state index in [0.717, 1.165) is 30.0 Å². The van der Waals surface area contributed by atoms with Crippen molar-refractivity contribution < 1.29 is 0 Å². The van der Waals surface area contributed by atoms with E-state index in [0.29, 0.717) is 6.54 Å². The highest BCUT2D eigenvalue weighted by atomic mass is 15.1. The number of benzene rings is 1. The number of aryl methyl sites for hydroxylation is 1. The molecule has 0 amide bonds. The van der Waals surface area contributed by atoms with Gasteiger partial charge in [-0.25, -0.2) is 4.98 Å². The summed E-state index contributed by atoms with van der Waals surface area (Å²) in [5.74, 6) is 1.03. The monoisotopic (exact) mass is 266 g/mol. The van der Waals surface area contributed by atoms with E-state index in [-0.39, 0.29) is 0 Å². The lowest BCUT2D eigenvalue weighted by Crippen LogP contribution is -2.11. The maximum Gasteiger partial charge on any atom is 0.110 e. The standard InChI is InChI=1S/C16H18N4/c1-12-10-13(14-4-2-3-5-15(14)19-12)11-20-9-8-18-16(20)6-7-17/h2-5,8-10H,6-7,11,17H2,1H3. The minimum Gasteiger partial charge on any atom is -0.330 e. The molecule has 2 heterocycles. The van der Waals surface area contributed by atoms with Gasteiger partial charge in [-0.05, 0) is 31.2 Å². The molecule has 2 aromatic heterocycles. The highest BCUT2D eigenvalue weighted by molar-refractivity contribution is 5.82. The van der Waals surface area contributed by atoms with E-state index in [9.17, 15) is 0 Å². The molecule has 0 aliphatic rings. The van der Waals surface area contributed by atoms with Crippen molar-refractivity contribution in [2.24, 2.45) is 5.73 Å². The maximum atomic E-state index is 5.63. The Morgan fingerprint density at radius 3 is 2.95 bits per heavy atom. The van der Waals surface area contributed by atoms with Crippen molar-refractivity contribution in [2.45, 2.75) is 19.9 Å². The fourth-order valence-electron chi connectivity index (χ4n) is 2.55. The van der Waals surface area contributed by atoms with E-state index in [2.05, 4.69) is 38.8 Å². The first-order valence-corrected chi connectivity index (χ1v) is 6.83. The molecule has 3 rings (SSSR count). The number of para-hydroxylation sites is 1. The summed E-state index contributed by atoms with van der Waals surface area (Å²) in [7, 11) is 0. The predicted octanol–water partition coefficient (Wildman–Crippen LogP) is 2.29. The molecular weight excluding hydrogens is 248 g/mol. The summed E-state index contributed by atoms with van der Waals surface area (Å²) in [6, 6.07) is 10.4. The Labute approximate surface area is 118 Å². The highest BCUT2D eigenvalue weighted by Crippen LogP contribution is 2.19. The van der Waals surface area contributed by atoms with Gasteiger partial charge in [0.2, 0.25) is 0 Å². The Hall–Kier alpha value is -2.20. The molecule has 0 aliphatic carbocycles. The van der Waals surface area contributed by atoms with Crippen LogP contribution in [0.1, 0.15) is 17.1 Å². The average Bonchev–Trinajstić information content (AvgIpc) is 2.86. The van der Waals surface area contributed by atoms with E-state index in [1.807, 2.05) is 25.4 Å². The summed E-state index contributed by atoms with van der Waals surface area (Å²) in [6.07, 6.45) is 4.64. The number of hydrogen-bond acceptors (Lipinski definition) is 3. The third kappa shape index (κ3) is 2.42. The van der Waals surface area contributed by atoms with Crippen LogP contribution in [0.3, 0.4) is 0 Å². The second-order valence-electron chi connectivity index (χ2n) is 4.95. The van der Waals surface area contributed by atoms with Crippen LogP contribution in [0, 0.1) is 6.92 Å². The molecule has 4 heteroatoms. The smallest absolute Gasteiger partial charge is 0.110 e. The number of hydrogen-bond donors (Lipinski definition) is 1. The van der Waals surface area contributed by atoms with Gasteiger partial charge in [0.15, 0.2) is 0 Å². The molecule has 20 heavy (non-hydrogen) atoms. The normalized spacial score (nSPS) is 11.1. The van der Waals surface area contributed by atoms with Crippen LogP contribution < -0.4 is 5.73 Å². The van der Waals surface area contributed by atoms with Gasteiger partial charge in [0, 0.05) is 36.4 Å². The first-order chi connectivity index (χ1) is 9.78. The lowest BCUT2D eigenvalue weighted by molar-refractivity contribution is 0.718. The Kier molecular flexibility index (Phi) is 3.48. The fourth-order valence-corrected chi connectivity index (χ4v) is 2.55. The summed E-state index contributed by atoms with van der Waals surface area (Å²) in [6.45, 7) is 3.46. The van der Waals surface area contributed by atoms with Crippen LogP contribution in [0.25, 0.3) is 10.9 Å². The van der Waals surface area contributed by atoms with Gasteiger partial charge in [0.1, 0.15) is 5.82 Å². The minimum atomic E-state index is 0.618. The number of nitrogens with two attached hydrogens (primary N) is 1. The third-order valence-corrected chi connectivity index (χ3v) is 3.44. The summed E-state index contributed by atoms with van der Waals surface area (Å²) in [5.41, 5.74) is 8.99. The van der Waals surface area contributed by atoms with Gasteiger partial charge >= 0.3 is 0 Å². The summed E-state index contributed by atoms with van der Waals surface area (Å²) < 4.78 is 2.16. The number of imidazole rings is 1. The third-order valence-electron chi connectivity index (χ3n) is 3.44. The largest absolute Gasteiger partial charge is 0.330 e. The highest BCUT2D eigenvalue weighted by Gasteiger charge is 2.07. The van der Waals surface area contributed by atoms with Gasteiger partial charge in [-0.1, -0.05) is 18.2 Å². The molecule has 0 bridgehead atoms. The second-order valence-corrected chi connectivity index (χ2v) is 4.95. The first-order valence-electron chi connectivity index (χ1n) is 6.83. The summed E-state index contributed by atoms with van der Waals surface area (Å²) in [5, 5.41) is 1.20. The zero-order valence-corrected chi connectivity index (χ0v) is 11.6. The molecule has 0 atom stereocenters. The van der Waals surface area contributed by atoms with Crippen molar-refractivity contribution in [1.82, 2.24) is 14.5 Å². The molecule has 0 radical (unpaired) electrons. The zero-order valence-electron chi connectivity index (χ0n) is 11.6. The molecule has 0 spiro atoms. The van der Waals surface area contributed by atoms with Gasteiger partial charge < -0.3 is 10.3 Å². The van der Waals surface area contributed by atoms with E-state index >= 15 is 0 Å². The predicted molar refractivity (Wildman–Crippen MR) is 80.6 cm³/mol. The number of rotatable bonds is 4. The second kappa shape index (κ2) is 5.43. The Morgan fingerprint density at radius 2 is 2.10 bits per heavy atom. The molecule has 4 nitrogen and oxygen atoms in total. The van der Waals surface area contributed by atoms with Crippen LogP contribution in [0.15, 0.2) is 42.7 Å². The van der Waals surface area contributed by atoms with E-state index in [1.165, 1.54) is 10.9 Å². The molecule has 3 aromatic rings. The molecule has 102 valence electrons. The van der Waals surface area contributed by atoms with Crippen molar-refractivity contribution in [2.75, 3.05) is 6.54 Å². The lowest BCUT2D eigenvalue weighted by Gasteiger charge is -2.11. The van der Waals surface area contributed by atoms with Gasteiger partial charge in [-0.15, -0.1) is 0 Å². The van der Waals surface area contributed by atoms with E-state index in [4.69, 9.17) is 5.73 Å². The number of pyridine rings is 1. The van der Waals surface area contributed by atoms with Crippen LogP contribution in [-0.4, -0.2) is 21.1 Å². The number of aromatic nitrogens is 3. The lowest BCUT2D eigenvalue weighted by atomic mass is 10.1. The molecule has 0 unspecified atom stereocenters. The van der Waals surface area contributed by atoms with Crippen LogP contribution in [-0.2, 0) is 13.0 Å². The topological polar surface area (TPSA) is 56.7 Å². The molecular formula is C16H18N4. The van der Waals surface area contributed by atoms with Gasteiger partial charge in [0.25, 0.3) is 0 Å². The SMILES string of the molecule is Cc1cc(Cn2ccnc2CCN)c2ccccc2n1. The van der Waals surface area contributed by atoms with Crippen molar-refractivity contribution in [1.29, 1.82) is 0 Å². The fraction of sp³-hybridized carbons (Fsp3) is 0.250. The summed E-state index contributed by atoms with van der Waals surface area (Å²) >= 11 is 0. The van der Waals surface area contributed by atoms with Crippen molar-refractivity contribution >= 4 is 10.9 Å². The maximum absolute atomic E-state index is 5.63. The van der Waals surface area contributed by atoms with Gasteiger partial charge in [-0.3, -0.25) is 4.98 Å². The minimum absolute atomic E-state index is 0.618. The summed E-state index contributed by atoms with van der Waals surface area (Å²) in [4.78, 5) is 8.95. The molecule has 0 saturated carbocycles. The zero-order chi connectivity index (χ0) is 13.9. The number of fused-ring (bicyclic) bond motifs is 1. The molecule has 1 aromatic carbocycles. The Morgan fingerprint density at radius 1 is 1.25 bits per heavy atom. The van der Waals surface area contributed by atoms with E-state index < -0.39 is 0 Å². The molecule has 2 N–H and O–H groups in total. The van der Waals surface area contributed by atoms with Crippen LogP contribution in [0.5, 0.6) is 0 Å². The Bertz CT molecular complexity index is 730. The van der Waals surface area contributed by atoms with Crippen molar-refractivity contribution in [3.8, 4) is 0 Å².